The summed E-state index contributed by atoms with van der Waals surface area (Å²) in [5, 5.41) is 4.58. The largest absolute Gasteiger partial charge is 0.278 e. The summed E-state index contributed by atoms with van der Waals surface area (Å²) in [6, 6.07) is 79.4. The lowest BCUT2D eigenvalue weighted by Crippen LogP contribution is -2.10. The highest BCUT2D eigenvalue weighted by molar-refractivity contribution is 6.10. The van der Waals surface area contributed by atoms with E-state index in [4.69, 9.17) is 15.0 Å². The van der Waals surface area contributed by atoms with Crippen LogP contribution in [0.2, 0.25) is 0 Å². The molecule has 0 unspecified atom stereocenters. The minimum absolute atomic E-state index is 0.553. The van der Waals surface area contributed by atoms with E-state index in [0.29, 0.717) is 17.7 Å². The summed E-state index contributed by atoms with van der Waals surface area (Å²) in [5.41, 5.74) is 14.1. The molecule has 5 nitrogen and oxygen atoms in total. The number of fused-ring (bicyclic) bond motifs is 6. The number of nitrogens with zero attached hydrogens (tertiary/aromatic N) is 5. The summed E-state index contributed by atoms with van der Waals surface area (Å²) in [7, 11) is 0. The Morgan fingerprint density at radius 2 is 0.532 bits per heavy atom. The first-order valence-electron chi connectivity index (χ1n) is 20.9. The van der Waals surface area contributed by atoms with Crippen LogP contribution in [0.4, 0.5) is 0 Å². The van der Waals surface area contributed by atoms with E-state index in [1.165, 1.54) is 11.1 Å². The third kappa shape index (κ3) is 6.06. The predicted molar refractivity (Wildman–Crippen MR) is 256 cm³/mol. The smallest absolute Gasteiger partial charge is 0.240 e. The Morgan fingerprint density at radius 3 is 1.00 bits per heavy atom. The first-order valence-corrected chi connectivity index (χ1v) is 20.9. The fraction of sp³-hybridized carbons (Fsp3) is 0. The van der Waals surface area contributed by atoms with Crippen molar-refractivity contribution in [3.05, 3.63) is 224 Å². The molecule has 5 heteroatoms. The number of aromatic nitrogens is 5. The molecule has 0 spiro atoms. The zero-order valence-electron chi connectivity index (χ0n) is 33.6. The molecule has 0 N–H and O–H groups in total. The van der Waals surface area contributed by atoms with Crippen molar-refractivity contribution in [1.82, 2.24) is 24.1 Å². The summed E-state index contributed by atoms with van der Waals surface area (Å²) < 4.78 is 4.36. The lowest BCUT2D eigenvalue weighted by Gasteiger charge is -2.15. The minimum atomic E-state index is 0.553. The molecule has 0 saturated heterocycles. The van der Waals surface area contributed by atoms with E-state index in [0.717, 1.165) is 82.6 Å². The zero-order valence-corrected chi connectivity index (χ0v) is 33.6. The van der Waals surface area contributed by atoms with Gasteiger partial charge in [0.1, 0.15) is 0 Å². The minimum Gasteiger partial charge on any atom is -0.278 e. The summed E-state index contributed by atoms with van der Waals surface area (Å²) in [5.74, 6) is 1.69. The molecule has 3 aromatic heterocycles. The second-order valence-corrected chi connectivity index (χ2v) is 15.7. The van der Waals surface area contributed by atoms with E-state index in [1.807, 2.05) is 0 Å². The van der Waals surface area contributed by atoms with E-state index in [1.54, 1.807) is 0 Å². The molecule has 0 aliphatic rings. The van der Waals surface area contributed by atoms with Gasteiger partial charge in [-0.15, -0.1) is 0 Å². The van der Waals surface area contributed by atoms with Crippen molar-refractivity contribution in [2.45, 2.75) is 0 Å². The third-order valence-corrected chi connectivity index (χ3v) is 12.0. The molecule has 0 amide bonds. The molecule has 290 valence electrons. The van der Waals surface area contributed by atoms with Crippen molar-refractivity contribution in [3.63, 3.8) is 0 Å². The Balaban J connectivity index is 1.09. The fourth-order valence-electron chi connectivity index (χ4n) is 9.04. The number of benzene rings is 9. The topological polar surface area (TPSA) is 48.5 Å². The van der Waals surface area contributed by atoms with Crippen LogP contribution in [-0.2, 0) is 0 Å². The second kappa shape index (κ2) is 14.7. The van der Waals surface area contributed by atoms with Gasteiger partial charge in [-0.2, -0.15) is 15.0 Å². The average molecular weight is 792 g/mol. The van der Waals surface area contributed by atoms with Gasteiger partial charge < -0.3 is 0 Å². The van der Waals surface area contributed by atoms with Crippen molar-refractivity contribution in [3.8, 4) is 67.8 Å². The highest BCUT2D eigenvalue weighted by Crippen LogP contribution is 2.37. The van der Waals surface area contributed by atoms with Crippen molar-refractivity contribution in [1.29, 1.82) is 0 Å². The van der Waals surface area contributed by atoms with Gasteiger partial charge in [0.15, 0.2) is 5.82 Å². The Kier molecular flexibility index (Phi) is 8.42. The normalized spacial score (nSPS) is 11.5. The van der Waals surface area contributed by atoms with E-state index >= 15 is 0 Å². The number of hydrogen-bond acceptors (Lipinski definition) is 3. The van der Waals surface area contributed by atoms with Crippen molar-refractivity contribution >= 4 is 43.6 Å². The Morgan fingerprint density at radius 1 is 0.226 bits per heavy atom. The van der Waals surface area contributed by atoms with Crippen molar-refractivity contribution in [2.24, 2.45) is 0 Å². The fourth-order valence-corrected chi connectivity index (χ4v) is 9.04. The van der Waals surface area contributed by atoms with Crippen LogP contribution < -0.4 is 0 Å². The molecular formula is C57H37N5. The lowest BCUT2D eigenvalue weighted by atomic mass is 9.93. The highest BCUT2D eigenvalue weighted by Gasteiger charge is 2.21. The van der Waals surface area contributed by atoms with E-state index in [9.17, 15) is 0 Å². The molecule has 62 heavy (non-hydrogen) atoms. The van der Waals surface area contributed by atoms with Crippen LogP contribution in [0.25, 0.3) is 111 Å². The van der Waals surface area contributed by atoms with Gasteiger partial charge in [-0.3, -0.25) is 9.13 Å². The Bertz CT molecular complexity index is 3380. The van der Waals surface area contributed by atoms with Crippen LogP contribution in [0.3, 0.4) is 0 Å². The lowest BCUT2D eigenvalue weighted by molar-refractivity contribution is 0.893. The maximum absolute atomic E-state index is 5.41. The van der Waals surface area contributed by atoms with E-state index in [2.05, 4.69) is 234 Å². The zero-order chi connectivity index (χ0) is 41.0. The van der Waals surface area contributed by atoms with Crippen LogP contribution in [0.15, 0.2) is 224 Å². The number of rotatable bonds is 7. The molecule has 0 fully saturated rings. The van der Waals surface area contributed by atoms with Gasteiger partial charge >= 0.3 is 0 Å². The summed E-state index contributed by atoms with van der Waals surface area (Å²) in [6.45, 7) is 0. The summed E-state index contributed by atoms with van der Waals surface area (Å²) in [4.78, 5) is 16.2. The van der Waals surface area contributed by atoms with Crippen LogP contribution in [-0.4, -0.2) is 24.1 Å². The standard InChI is InChI=1S/C57H37N5/c1-3-16-38(17-4-1)40-30-32-41(33-31-40)42-20-15-21-43(34-42)45-35-44(39-18-5-2-6-19-39)36-46(37-45)55-58-56(61-51-26-11-7-22-47(51)48-23-8-12-27-52(48)61)60-57(59-55)62-53-28-13-9-24-49(53)50-25-10-14-29-54(50)62/h1-37H. The van der Waals surface area contributed by atoms with Crippen molar-refractivity contribution < 1.29 is 0 Å². The van der Waals surface area contributed by atoms with Gasteiger partial charge in [0.05, 0.1) is 22.1 Å². The second-order valence-electron chi connectivity index (χ2n) is 15.7. The van der Waals surface area contributed by atoms with Crippen LogP contribution >= 0.6 is 0 Å². The van der Waals surface area contributed by atoms with Gasteiger partial charge in [0.2, 0.25) is 11.9 Å². The number of para-hydroxylation sites is 4. The van der Waals surface area contributed by atoms with Crippen LogP contribution in [0.5, 0.6) is 0 Å². The summed E-state index contributed by atoms with van der Waals surface area (Å²) >= 11 is 0. The third-order valence-electron chi connectivity index (χ3n) is 12.0. The summed E-state index contributed by atoms with van der Waals surface area (Å²) in [6.07, 6.45) is 0. The average Bonchev–Trinajstić information content (AvgIpc) is 3.88. The van der Waals surface area contributed by atoms with Crippen molar-refractivity contribution in [2.75, 3.05) is 0 Å². The molecule has 0 aliphatic heterocycles. The SMILES string of the molecule is c1ccc(-c2ccc(-c3cccc(-c4cc(-c5ccccc5)cc(-c5nc(-n6c7ccccc7c7ccccc76)nc(-n6c7ccccc7c7ccccc76)n5)c4)c3)cc2)cc1. The van der Waals surface area contributed by atoms with Gasteiger partial charge in [-0.1, -0.05) is 176 Å². The van der Waals surface area contributed by atoms with E-state index < -0.39 is 0 Å². The van der Waals surface area contributed by atoms with Crippen LogP contribution in [0.1, 0.15) is 0 Å². The molecule has 0 aliphatic carbocycles. The van der Waals surface area contributed by atoms with Gasteiger partial charge in [-0.05, 0) is 93.0 Å². The van der Waals surface area contributed by atoms with Gasteiger partial charge in [0, 0.05) is 27.1 Å². The Hall–Kier alpha value is -8.41. The molecule has 12 aromatic rings. The molecule has 0 atom stereocenters. The van der Waals surface area contributed by atoms with Gasteiger partial charge in [-0.25, -0.2) is 0 Å². The molecule has 0 bridgehead atoms. The monoisotopic (exact) mass is 791 g/mol. The highest BCUT2D eigenvalue weighted by atomic mass is 15.3. The Labute approximate surface area is 358 Å². The maximum atomic E-state index is 5.41. The molecule has 0 saturated carbocycles. The first-order chi connectivity index (χ1) is 30.7. The quantitative estimate of drug-likeness (QED) is 0.162. The van der Waals surface area contributed by atoms with Gasteiger partial charge in [0.25, 0.3) is 0 Å². The molecule has 12 rings (SSSR count). The molecular weight excluding hydrogens is 755 g/mol. The molecule has 3 heterocycles. The number of hydrogen-bond donors (Lipinski definition) is 0. The molecule has 9 aromatic carbocycles. The van der Waals surface area contributed by atoms with E-state index in [-0.39, 0.29) is 0 Å². The van der Waals surface area contributed by atoms with Crippen LogP contribution in [0, 0.1) is 0 Å². The predicted octanol–water partition coefficient (Wildman–Crippen LogP) is 14.4. The first kappa shape index (κ1) is 35.5. The molecule has 0 radical (unpaired) electrons. The maximum Gasteiger partial charge on any atom is 0.240 e.